The minimum Gasteiger partial charge on any atom is -0.378 e. The minimum absolute atomic E-state index is 0.0916. The van der Waals surface area contributed by atoms with Gasteiger partial charge in [0.05, 0.1) is 13.2 Å². The van der Waals surface area contributed by atoms with E-state index in [9.17, 15) is 9.18 Å². The molecule has 1 heterocycles. The van der Waals surface area contributed by atoms with Gasteiger partial charge in [-0.1, -0.05) is 18.2 Å². The van der Waals surface area contributed by atoms with Gasteiger partial charge in [0, 0.05) is 13.1 Å². The van der Waals surface area contributed by atoms with Crippen LogP contribution in [0.5, 0.6) is 0 Å². The monoisotopic (exact) mass is 252 g/mol. The third-order valence-corrected chi connectivity index (χ3v) is 2.89. The van der Waals surface area contributed by atoms with Crippen LogP contribution in [-0.2, 0) is 16.0 Å². The molecule has 1 aliphatic heterocycles. The van der Waals surface area contributed by atoms with Gasteiger partial charge in [-0.05, 0) is 18.1 Å². The molecule has 1 atom stereocenters. The molecule has 1 aromatic carbocycles. The van der Waals surface area contributed by atoms with Gasteiger partial charge in [-0.2, -0.15) is 0 Å². The summed E-state index contributed by atoms with van der Waals surface area (Å²) in [6, 6.07) is 6.30. The van der Waals surface area contributed by atoms with Crippen molar-refractivity contribution in [1.82, 2.24) is 10.6 Å². The molecule has 1 aliphatic rings. The molecule has 1 fully saturated rings. The Morgan fingerprint density at radius 2 is 2.33 bits per heavy atom. The number of hydrogen-bond acceptors (Lipinski definition) is 3. The van der Waals surface area contributed by atoms with E-state index in [0.29, 0.717) is 38.3 Å². The first-order valence-corrected chi connectivity index (χ1v) is 6.09. The number of rotatable bonds is 4. The van der Waals surface area contributed by atoms with E-state index >= 15 is 0 Å². The van der Waals surface area contributed by atoms with Crippen molar-refractivity contribution in [2.75, 3.05) is 26.3 Å². The summed E-state index contributed by atoms with van der Waals surface area (Å²) in [7, 11) is 0. The zero-order valence-electron chi connectivity index (χ0n) is 10.1. The third kappa shape index (κ3) is 3.51. The molecule has 98 valence electrons. The number of benzene rings is 1. The SMILES string of the molecule is O=C(NCCc1ccccc1F)C1COCCN1. The van der Waals surface area contributed by atoms with E-state index in [1.807, 2.05) is 0 Å². The van der Waals surface area contributed by atoms with Gasteiger partial charge in [0.1, 0.15) is 11.9 Å². The molecule has 0 aromatic heterocycles. The van der Waals surface area contributed by atoms with Crippen molar-refractivity contribution < 1.29 is 13.9 Å². The molecule has 1 saturated heterocycles. The predicted octanol–water partition coefficient (Wildman–Crippen LogP) is 0.473. The number of halogens is 1. The Morgan fingerprint density at radius 3 is 3.06 bits per heavy atom. The first-order chi connectivity index (χ1) is 8.77. The fourth-order valence-corrected chi connectivity index (χ4v) is 1.88. The van der Waals surface area contributed by atoms with Crippen molar-refractivity contribution in [3.63, 3.8) is 0 Å². The molecule has 2 N–H and O–H groups in total. The van der Waals surface area contributed by atoms with Gasteiger partial charge >= 0.3 is 0 Å². The molecule has 1 amide bonds. The number of amides is 1. The number of hydrogen-bond donors (Lipinski definition) is 2. The Morgan fingerprint density at radius 1 is 1.50 bits per heavy atom. The summed E-state index contributed by atoms with van der Waals surface area (Å²) in [5, 5.41) is 5.85. The fourth-order valence-electron chi connectivity index (χ4n) is 1.88. The van der Waals surface area contributed by atoms with E-state index in [0.717, 1.165) is 0 Å². The molecule has 0 radical (unpaired) electrons. The third-order valence-electron chi connectivity index (χ3n) is 2.89. The maximum atomic E-state index is 13.3. The average molecular weight is 252 g/mol. The molecule has 0 spiro atoms. The summed E-state index contributed by atoms with van der Waals surface area (Å²) < 4.78 is 18.5. The molecule has 4 nitrogen and oxygen atoms in total. The molecular weight excluding hydrogens is 235 g/mol. The lowest BCUT2D eigenvalue weighted by atomic mass is 10.1. The largest absolute Gasteiger partial charge is 0.378 e. The van der Waals surface area contributed by atoms with Crippen LogP contribution in [0.4, 0.5) is 4.39 Å². The van der Waals surface area contributed by atoms with Crippen LogP contribution in [-0.4, -0.2) is 38.3 Å². The van der Waals surface area contributed by atoms with Crippen LogP contribution >= 0.6 is 0 Å². The van der Waals surface area contributed by atoms with Crippen LogP contribution in [0.3, 0.4) is 0 Å². The van der Waals surface area contributed by atoms with Gasteiger partial charge in [-0.15, -0.1) is 0 Å². The highest BCUT2D eigenvalue weighted by Gasteiger charge is 2.20. The van der Waals surface area contributed by atoms with E-state index in [-0.39, 0.29) is 17.8 Å². The number of carbonyl (C=O) groups is 1. The second-order valence-corrected chi connectivity index (χ2v) is 4.21. The highest BCUT2D eigenvalue weighted by molar-refractivity contribution is 5.81. The van der Waals surface area contributed by atoms with Crippen molar-refractivity contribution in [2.45, 2.75) is 12.5 Å². The summed E-state index contributed by atoms with van der Waals surface area (Å²) in [5.74, 6) is -0.322. The van der Waals surface area contributed by atoms with Crippen molar-refractivity contribution in [1.29, 1.82) is 0 Å². The lowest BCUT2D eigenvalue weighted by Crippen LogP contribution is -2.51. The van der Waals surface area contributed by atoms with E-state index in [1.54, 1.807) is 18.2 Å². The summed E-state index contributed by atoms with van der Waals surface area (Å²) in [4.78, 5) is 11.7. The van der Waals surface area contributed by atoms with Gasteiger partial charge in [0.25, 0.3) is 0 Å². The van der Waals surface area contributed by atoms with Crippen LogP contribution < -0.4 is 10.6 Å². The smallest absolute Gasteiger partial charge is 0.239 e. The van der Waals surface area contributed by atoms with E-state index < -0.39 is 0 Å². The Bertz CT molecular complexity index is 406. The lowest BCUT2D eigenvalue weighted by Gasteiger charge is -2.22. The summed E-state index contributed by atoms with van der Waals surface area (Å²) >= 11 is 0. The Hall–Kier alpha value is -1.46. The second-order valence-electron chi connectivity index (χ2n) is 4.21. The maximum absolute atomic E-state index is 13.3. The van der Waals surface area contributed by atoms with Gasteiger partial charge in [0.15, 0.2) is 0 Å². The van der Waals surface area contributed by atoms with Crippen molar-refractivity contribution >= 4 is 5.91 Å². The molecule has 2 rings (SSSR count). The van der Waals surface area contributed by atoms with Crippen LogP contribution in [0.1, 0.15) is 5.56 Å². The first kappa shape index (κ1) is 13.0. The zero-order chi connectivity index (χ0) is 12.8. The molecular formula is C13H17FN2O2. The summed E-state index contributed by atoms with van der Waals surface area (Å²) in [6.07, 6.45) is 0.492. The topological polar surface area (TPSA) is 50.4 Å². The molecule has 1 aromatic rings. The summed E-state index contributed by atoms with van der Waals surface area (Å²) in [5.41, 5.74) is 0.616. The van der Waals surface area contributed by atoms with E-state index in [2.05, 4.69) is 10.6 Å². The normalized spacial score (nSPS) is 19.5. The van der Waals surface area contributed by atoms with Gasteiger partial charge in [0.2, 0.25) is 5.91 Å². The zero-order valence-corrected chi connectivity index (χ0v) is 10.1. The quantitative estimate of drug-likeness (QED) is 0.819. The molecule has 18 heavy (non-hydrogen) atoms. The minimum atomic E-state index is -0.292. The number of ether oxygens (including phenoxy) is 1. The van der Waals surface area contributed by atoms with Gasteiger partial charge in [-0.25, -0.2) is 4.39 Å². The van der Waals surface area contributed by atoms with Crippen molar-refractivity contribution in [3.8, 4) is 0 Å². The van der Waals surface area contributed by atoms with Crippen LogP contribution in [0.15, 0.2) is 24.3 Å². The molecule has 1 unspecified atom stereocenters. The van der Waals surface area contributed by atoms with Crippen LogP contribution in [0, 0.1) is 5.82 Å². The Kier molecular flexibility index (Phi) is 4.66. The van der Waals surface area contributed by atoms with Crippen molar-refractivity contribution in [2.24, 2.45) is 0 Å². The van der Waals surface area contributed by atoms with Gasteiger partial charge in [-0.3, -0.25) is 4.79 Å². The fraction of sp³-hybridized carbons (Fsp3) is 0.462. The van der Waals surface area contributed by atoms with E-state index in [1.165, 1.54) is 6.07 Å². The number of nitrogens with one attached hydrogen (secondary N) is 2. The Balaban J connectivity index is 1.75. The van der Waals surface area contributed by atoms with E-state index in [4.69, 9.17) is 4.74 Å². The highest BCUT2D eigenvalue weighted by Crippen LogP contribution is 2.06. The van der Waals surface area contributed by atoms with Crippen molar-refractivity contribution in [3.05, 3.63) is 35.6 Å². The molecule has 0 aliphatic carbocycles. The number of carbonyl (C=O) groups excluding carboxylic acids is 1. The maximum Gasteiger partial charge on any atom is 0.239 e. The summed E-state index contributed by atoms with van der Waals surface area (Å²) in [6.45, 7) is 2.15. The molecule has 0 saturated carbocycles. The van der Waals surface area contributed by atoms with Gasteiger partial charge < -0.3 is 15.4 Å². The standard InChI is InChI=1S/C13H17FN2O2/c14-11-4-2-1-3-10(11)5-6-16-13(17)12-9-18-8-7-15-12/h1-4,12,15H,5-9H2,(H,16,17). The molecule has 0 bridgehead atoms. The predicted molar refractivity (Wildman–Crippen MR) is 65.7 cm³/mol. The average Bonchev–Trinajstić information content (AvgIpc) is 2.42. The highest BCUT2D eigenvalue weighted by atomic mass is 19.1. The first-order valence-electron chi connectivity index (χ1n) is 6.09. The second kappa shape index (κ2) is 6.47. The lowest BCUT2D eigenvalue weighted by molar-refractivity contribution is -0.125. The van der Waals surface area contributed by atoms with Crippen LogP contribution in [0.25, 0.3) is 0 Å². The number of morpholine rings is 1. The van der Waals surface area contributed by atoms with Crippen LogP contribution in [0.2, 0.25) is 0 Å². The molecule has 5 heteroatoms. The Labute approximate surface area is 106 Å².